The van der Waals surface area contributed by atoms with Gasteiger partial charge in [-0.1, -0.05) is 30.4 Å². The molecular formula is C16H14F2N2O4S. The second-order valence-electron chi connectivity index (χ2n) is 5.51. The van der Waals surface area contributed by atoms with Crippen molar-refractivity contribution in [3.8, 4) is 0 Å². The standard InChI is InChI=1S/C16H14F2N2O4S/c17-11-6-10(8-23-15(21)9-4-2-1-3-5-9)24-14(11)20-7-12(18)13(25)19-16(20)22/h1-5,7,10-11,14H,6,8H2,(H,19,22,25)/t10-,11?,14+/m1/s1. The lowest BCUT2D eigenvalue weighted by molar-refractivity contribution is -0.0460. The number of ether oxygens (including phenoxy) is 2. The molecule has 0 spiro atoms. The highest BCUT2D eigenvalue weighted by atomic mass is 32.1. The summed E-state index contributed by atoms with van der Waals surface area (Å²) in [4.78, 5) is 25.8. The van der Waals surface area contributed by atoms with Crippen LogP contribution in [0.1, 0.15) is 23.0 Å². The molecule has 1 saturated heterocycles. The molecule has 1 N–H and O–H groups in total. The highest BCUT2D eigenvalue weighted by molar-refractivity contribution is 7.71. The predicted molar refractivity (Wildman–Crippen MR) is 86.0 cm³/mol. The van der Waals surface area contributed by atoms with Crippen molar-refractivity contribution >= 4 is 18.2 Å². The molecule has 1 fully saturated rings. The van der Waals surface area contributed by atoms with Gasteiger partial charge in [-0.2, -0.15) is 0 Å². The van der Waals surface area contributed by atoms with Gasteiger partial charge in [-0.05, 0) is 12.1 Å². The predicted octanol–water partition coefficient (Wildman–Crippen LogP) is 2.53. The normalized spacial score (nSPS) is 22.7. The molecule has 0 radical (unpaired) electrons. The molecule has 0 saturated carbocycles. The molecule has 25 heavy (non-hydrogen) atoms. The maximum atomic E-state index is 14.2. The Morgan fingerprint density at radius 2 is 2.12 bits per heavy atom. The van der Waals surface area contributed by atoms with E-state index in [9.17, 15) is 18.4 Å². The lowest BCUT2D eigenvalue weighted by Crippen LogP contribution is -2.31. The number of aromatic nitrogens is 2. The largest absolute Gasteiger partial charge is 0.459 e. The Morgan fingerprint density at radius 3 is 2.84 bits per heavy atom. The average Bonchev–Trinajstić information content (AvgIpc) is 2.97. The fourth-order valence-corrected chi connectivity index (χ4v) is 2.67. The number of rotatable bonds is 4. The number of alkyl halides is 1. The van der Waals surface area contributed by atoms with Crippen molar-refractivity contribution in [3.63, 3.8) is 0 Å². The van der Waals surface area contributed by atoms with Gasteiger partial charge in [0.2, 0.25) is 0 Å². The number of carbonyl (C=O) groups excluding carboxylic acids is 1. The third-order valence-electron chi connectivity index (χ3n) is 3.74. The molecule has 1 aromatic carbocycles. The highest BCUT2D eigenvalue weighted by Crippen LogP contribution is 2.30. The van der Waals surface area contributed by atoms with E-state index in [-0.39, 0.29) is 17.7 Å². The monoisotopic (exact) mass is 368 g/mol. The van der Waals surface area contributed by atoms with E-state index in [1.54, 1.807) is 30.3 Å². The zero-order valence-electron chi connectivity index (χ0n) is 12.9. The van der Waals surface area contributed by atoms with Crippen LogP contribution in [0, 0.1) is 10.5 Å². The summed E-state index contributed by atoms with van der Waals surface area (Å²) in [5, 5.41) is 0. The fraction of sp³-hybridized carbons (Fsp3) is 0.312. The van der Waals surface area contributed by atoms with Crippen LogP contribution in [0.25, 0.3) is 0 Å². The van der Waals surface area contributed by atoms with Gasteiger partial charge in [0.05, 0.1) is 17.9 Å². The zero-order chi connectivity index (χ0) is 18.0. The average molecular weight is 368 g/mol. The van der Waals surface area contributed by atoms with E-state index < -0.39 is 36.0 Å². The van der Waals surface area contributed by atoms with Crippen LogP contribution in [0.2, 0.25) is 0 Å². The summed E-state index contributed by atoms with van der Waals surface area (Å²) >= 11 is 4.61. The van der Waals surface area contributed by atoms with Crippen LogP contribution < -0.4 is 5.69 Å². The smallest absolute Gasteiger partial charge is 0.338 e. The van der Waals surface area contributed by atoms with Crippen molar-refractivity contribution < 1.29 is 23.0 Å². The number of H-pyrrole nitrogens is 1. The molecule has 2 aromatic rings. The van der Waals surface area contributed by atoms with Crippen LogP contribution in [0.15, 0.2) is 41.3 Å². The van der Waals surface area contributed by atoms with E-state index >= 15 is 0 Å². The number of aromatic amines is 1. The van der Waals surface area contributed by atoms with Crippen molar-refractivity contribution in [3.05, 3.63) is 63.0 Å². The Kier molecular flexibility index (Phi) is 5.05. The summed E-state index contributed by atoms with van der Waals surface area (Å²) in [5.41, 5.74) is -0.413. The molecule has 6 nitrogen and oxygen atoms in total. The molecule has 1 unspecified atom stereocenters. The van der Waals surface area contributed by atoms with Gasteiger partial charge >= 0.3 is 11.7 Å². The van der Waals surface area contributed by atoms with Gasteiger partial charge in [0.1, 0.15) is 17.4 Å². The molecule has 9 heteroatoms. The van der Waals surface area contributed by atoms with Gasteiger partial charge in [0.25, 0.3) is 0 Å². The maximum absolute atomic E-state index is 14.2. The molecule has 0 bridgehead atoms. The molecule has 1 aliphatic heterocycles. The van der Waals surface area contributed by atoms with E-state index in [0.717, 1.165) is 10.8 Å². The van der Waals surface area contributed by atoms with Gasteiger partial charge in [-0.15, -0.1) is 0 Å². The number of benzene rings is 1. The van der Waals surface area contributed by atoms with Crippen LogP contribution in [0.5, 0.6) is 0 Å². The van der Waals surface area contributed by atoms with Crippen LogP contribution in [0.3, 0.4) is 0 Å². The van der Waals surface area contributed by atoms with Gasteiger partial charge < -0.3 is 9.47 Å². The lowest BCUT2D eigenvalue weighted by Gasteiger charge is -2.16. The Morgan fingerprint density at radius 1 is 1.40 bits per heavy atom. The van der Waals surface area contributed by atoms with E-state index in [4.69, 9.17) is 9.47 Å². The molecule has 3 atom stereocenters. The van der Waals surface area contributed by atoms with Crippen LogP contribution in [-0.2, 0) is 9.47 Å². The number of carbonyl (C=O) groups is 1. The topological polar surface area (TPSA) is 73.3 Å². The van der Waals surface area contributed by atoms with E-state index in [1.807, 2.05) is 0 Å². The molecule has 3 rings (SSSR count). The minimum absolute atomic E-state index is 0.0869. The molecule has 1 aromatic heterocycles. The van der Waals surface area contributed by atoms with Crippen molar-refractivity contribution in [2.75, 3.05) is 6.61 Å². The van der Waals surface area contributed by atoms with E-state index in [0.29, 0.717) is 5.56 Å². The third kappa shape index (κ3) is 3.83. The molecule has 0 amide bonds. The van der Waals surface area contributed by atoms with Gasteiger partial charge in [-0.3, -0.25) is 9.55 Å². The Labute approximate surface area is 146 Å². The van der Waals surface area contributed by atoms with E-state index in [2.05, 4.69) is 17.2 Å². The zero-order valence-corrected chi connectivity index (χ0v) is 13.7. The molecule has 2 heterocycles. The lowest BCUT2D eigenvalue weighted by atomic mass is 10.2. The fourth-order valence-electron chi connectivity index (χ4n) is 2.53. The first kappa shape index (κ1) is 17.4. The molecule has 132 valence electrons. The Bertz CT molecular complexity index is 884. The SMILES string of the molecule is O=C(OC[C@H]1CC(F)[C@@H](n2cc(F)c(=S)[nH]c2=O)O1)c1ccccc1. The summed E-state index contributed by atoms with van der Waals surface area (Å²) in [6, 6.07) is 8.32. The number of esters is 1. The molecule has 0 aliphatic carbocycles. The second kappa shape index (κ2) is 7.24. The van der Waals surface area contributed by atoms with Crippen molar-refractivity contribution in [1.82, 2.24) is 9.55 Å². The van der Waals surface area contributed by atoms with E-state index in [1.165, 1.54) is 0 Å². The molecule has 1 aliphatic rings. The maximum Gasteiger partial charge on any atom is 0.338 e. The summed E-state index contributed by atoms with van der Waals surface area (Å²) in [7, 11) is 0. The van der Waals surface area contributed by atoms with Gasteiger partial charge in [-0.25, -0.2) is 18.4 Å². The first-order chi connectivity index (χ1) is 12.0. The third-order valence-corrected chi connectivity index (χ3v) is 4.03. The minimum Gasteiger partial charge on any atom is -0.459 e. The molecular weight excluding hydrogens is 354 g/mol. The van der Waals surface area contributed by atoms with Crippen molar-refractivity contribution in [1.29, 1.82) is 0 Å². The summed E-state index contributed by atoms with van der Waals surface area (Å²) < 4.78 is 38.7. The minimum atomic E-state index is -1.55. The number of nitrogens with one attached hydrogen (secondary N) is 1. The van der Waals surface area contributed by atoms with Gasteiger partial charge in [0.15, 0.2) is 12.0 Å². The van der Waals surface area contributed by atoms with Crippen LogP contribution in [-0.4, -0.2) is 34.4 Å². The number of halogens is 2. The summed E-state index contributed by atoms with van der Waals surface area (Å²) in [5.74, 6) is -1.42. The Balaban J connectivity index is 1.66. The first-order valence-electron chi connectivity index (χ1n) is 7.48. The number of hydrogen-bond donors (Lipinski definition) is 1. The van der Waals surface area contributed by atoms with Crippen LogP contribution in [0.4, 0.5) is 8.78 Å². The number of nitrogens with zero attached hydrogens (tertiary/aromatic N) is 1. The second-order valence-corrected chi connectivity index (χ2v) is 5.92. The van der Waals surface area contributed by atoms with Crippen molar-refractivity contribution in [2.45, 2.75) is 24.9 Å². The summed E-state index contributed by atoms with van der Waals surface area (Å²) in [6.45, 7) is -0.176. The Hall–Kier alpha value is -2.39. The first-order valence-corrected chi connectivity index (χ1v) is 7.89. The highest BCUT2D eigenvalue weighted by Gasteiger charge is 2.38. The van der Waals surface area contributed by atoms with Crippen LogP contribution >= 0.6 is 12.2 Å². The van der Waals surface area contributed by atoms with Gasteiger partial charge in [0, 0.05) is 6.42 Å². The summed E-state index contributed by atoms with van der Waals surface area (Å²) in [6.07, 6.45) is -2.89. The number of hydrogen-bond acceptors (Lipinski definition) is 5. The quantitative estimate of drug-likeness (QED) is 0.663. The van der Waals surface area contributed by atoms with Crippen molar-refractivity contribution in [2.24, 2.45) is 0 Å².